The minimum absolute atomic E-state index is 0.118. The van der Waals surface area contributed by atoms with Crippen LogP contribution < -0.4 is 5.32 Å². The van der Waals surface area contributed by atoms with Crippen LogP contribution in [-0.4, -0.2) is 15.7 Å². The van der Waals surface area contributed by atoms with E-state index in [9.17, 15) is 18.0 Å². The van der Waals surface area contributed by atoms with E-state index in [1.54, 1.807) is 19.9 Å². The number of carbonyl (C=O) groups is 1. The molecule has 2 rings (SSSR count). The Kier molecular flexibility index (Phi) is 4.77. The maximum absolute atomic E-state index is 13.2. The molecule has 1 N–H and O–H groups in total. The number of rotatable bonds is 4. The van der Waals surface area contributed by atoms with Gasteiger partial charge in [-0.05, 0) is 25.5 Å². The van der Waals surface area contributed by atoms with Crippen LogP contribution in [0.1, 0.15) is 31.5 Å². The highest BCUT2D eigenvalue weighted by molar-refractivity contribution is 5.91. The van der Waals surface area contributed by atoms with Crippen LogP contribution in [-0.2, 0) is 11.0 Å². The Hall–Kier alpha value is -2.31. The molecule has 0 radical (unpaired) electrons. The van der Waals surface area contributed by atoms with E-state index in [0.29, 0.717) is 12.1 Å². The summed E-state index contributed by atoms with van der Waals surface area (Å²) in [6.45, 7) is 5.28. The smallest absolute Gasteiger partial charge is 0.310 e. The van der Waals surface area contributed by atoms with Gasteiger partial charge in [-0.25, -0.2) is 4.68 Å². The topological polar surface area (TPSA) is 46.9 Å². The largest absolute Gasteiger partial charge is 0.418 e. The first-order valence-electron chi connectivity index (χ1n) is 7.28. The van der Waals surface area contributed by atoms with Crippen LogP contribution in [0, 0.1) is 12.8 Å². The first-order chi connectivity index (χ1) is 10.7. The van der Waals surface area contributed by atoms with E-state index in [1.807, 2.05) is 6.92 Å². The van der Waals surface area contributed by atoms with Gasteiger partial charge >= 0.3 is 6.18 Å². The molecule has 0 spiro atoms. The van der Waals surface area contributed by atoms with Gasteiger partial charge in [0.2, 0.25) is 5.91 Å². The van der Waals surface area contributed by atoms with E-state index in [-0.39, 0.29) is 23.3 Å². The fraction of sp³-hybridized carbons (Fsp3) is 0.375. The molecule has 1 atom stereocenters. The highest BCUT2D eigenvalue weighted by atomic mass is 19.4. The van der Waals surface area contributed by atoms with Crippen molar-refractivity contribution in [2.24, 2.45) is 5.92 Å². The third-order valence-electron chi connectivity index (χ3n) is 3.58. The van der Waals surface area contributed by atoms with Gasteiger partial charge in [-0.15, -0.1) is 0 Å². The molecule has 124 valence electrons. The number of nitrogens with one attached hydrogen (secondary N) is 1. The molecular formula is C16H18F3N3O. The second-order valence-electron chi connectivity index (χ2n) is 5.40. The maximum Gasteiger partial charge on any atom is 0.418 e. The predicted molar refractivity (Wildman–Crippen MR) is 81.4 cm³/mol. The maximum atomic E-state index is 13.2. The minimum Gasteiger partial charge on any atom is -0.310 e. The third kappa shape index (κ3) is 3.72. The minimum atomic E-state index is -4.51. The number of aromatic nitrogens is 2. The number of benzene rings is 1. The van der Waals surface area contributed by atoms with Gasteiger partial charge in [0.25, 0.3) is 0 Å². The predicted octanol–water partition coefficient (Wildman–Crippen LogP) is 4.18. The van der Waals surface area contributed by atoms with Crippen molar-refractivity contribution in [1.29, 1.82) is 0 Å². The van der Waals surface area contributed by atoms with E-state index in [4.69, 9.17) is 0 Å². The monoisotopic (exact) mass is 325 g/mol. The normalized spacial score (nSPS) is 13.0. The average Bonchev–Trinajstić information content (AvgIpc) is 2.85. The second kappa shape index (κ2) is 6.44. The van der Waals surface area contributed by atoms with Gasteiger partial charge in [0.05, 0.1) is 16.9 Å². The lowest BCUT2D eigenvalue weighted by atomic mass is 10.1. The number of hydrogen-bond donors (Lipinski definition) is 1. The number of hydrogen-bond acceptors (Lipinski definition) is 2. The fourth-order valence-electron chi connectivity index (χ4n) is 2.11. The van der Waals surface area contributed by atoms with Crippen molar-refractivity contribution in [3.63, 3.8) is 0 Å². The Morgan fingerprint density at radius 1 is 1.35 bits per heavy atom. The Bertz CT molecular complexity index is 707. The van der Waals surface area contributed by atoms with E-state index >= 15 is 0 Å². The molecule has 4 nitrogen and oxygen atoms in total. The van der Waals surface area contributed by atoms with Crippen molar-refractivity contribution in [3.8, 4) is 5.69 Å². The summed E-state index contributed by atoms with van der Waals surface area (Å²) >= 11 is 0. The average molecular weight is 325 g/mol. The van der Waals surface area contributed by atoms with Crippen LogP contribution in [0.3, 0.4) is 0 Å². The number of alkyl halides is 3. The number of carbonyl (C=O) groups excluding carboxylic acids is 1. The molecule has 1 heterocycles. The fourth-order valence-corrected chi connectivity index (χ4v) is 2.11. The SMILES string of the molecule is CCC(C)C(=O)Nc1cc(C)nn1-c1ccccc1C(F)(F)F. The Balaban J connectivity index is 2.48. The van der Waals surface area contributed by atoms with Gasteiger partial charge in [0.15, 0.2) is 0 Å². The molecular weight excluding hydrogens is 307 g/mol. The van der Waals surface area contributed by atoms with Crippen molar-refractivity contribution < 1.29 is 18.0 Å². The van der Waals surface area contributed by atoms with E-state index < -0.39 is 11.7 Å². The molecule has 1 aromatic heterocycles. The van der Waals surface area contributed by atoms with E-state index in [2.05, 4.69) is 10.4 Å². The summed E-state index contributed by atoms with van der Waals surface area (Å²) in [7, 11) is 0. The van der Waals surface area contributed by atoms with Gasteiger partial charge in [0, 0.05) is 12.0 Å². The van der Waals surface area contributed by atoms with Crippen LogP contribution in [0.5, 0.6) is 0 Å². The van der Waals surface area contributed by atoms with Crippen LogP contribution in [0.2, 0.25) is 0 Å². The van der Waals surface area contributed by atoms with Crippen LogP contribution in [0.25, 0.3) is 5.69 Å². The summed E-state index contributed by atoms with van der Waals surface area (Å²) in [6, 6.07) is 6.69. The van der Waals surface area contributed by atoms with Crippen molar-refractivity contribution in [1.82, 2.24) is 9.78 Å². The Morgan fingerprint density at radius 3 is 2.61 bits per heavy atom. The van der Waals surface area contributed by atoms with E-state index in [1.165, 1.54) is 18.2 Å². The number of para-hydroxylation sites is 1. The number of halogens is 3. The quantitative estimate of drug-likeness (QED) is 0.916. The number of nitrogens with zero attached hydrogens (tertiary/aromatic N) is 2. The molecule has 7 heteroatoms. The highest BCUT2D eigenvalue weighted by Crippen LogP contribution is 2.34. The Morgan fingerprint density at radius 2 is 2.00 bits per heavy atom. The van der Waals surface area contributed by atoms with Crippen LogP contribution in [0.15, 0.2) is 30.3 Å². The number of amides is 1. The molecule has 0 aliphatic heterocycles. The van der Waals surface area contributed by atoms with Gasteiger partial charge in [-0.3, -0.25) is 4.79 Å². The summed E-state index contributed by atoms with van der Waals surface area (Å²) in [4.78, 5) is 12.0. The molecule has 0 bridgehead atoms. The van der Waals surface area contributed by atoms with Crippen LogP contribution >= 0.6 is 0 Å². The third-order valence-corrected chi connectivity index (χ3v) is 3.58. The summed E-state index contributed by atoms with van der Waals surface area (Å²) in [5.41, 5.74) is -0.406. The molecule has 1 unspecified atom stereocenters. The van der Waals surface area contributed by atoms with Crippen molar-refractivity contribution in [3.05, 3.63) is 41.6 Å². The molecule has 23 heavy (non-hydrogen) atoms. The van der Waals surface area contributed by atoms with Gasteiger partial charge in [-0.1, -0.05) is 26.0 Å². The molecule has 0 fully saturated rings. The molecule has 1 amide bonds. The number of aryl methyl sites for hydroxylation is 1. The molecule has 0 saturated carbocycles. The number of anilines is 1. The van der Waals surface area contributed by atoms with Crippen molar-refractivity contribution in [2.45, 2.75) is 33.4 Å². The standard InChI is InChI=1S/C16H18F3N3O/c1-4-10(2)15(23)20-14-9-11(3)21-22(14)13-8-6-5-7-12(13)16(17,18)19/h5-10H,4H2,1-3H3,(H,20,23). The zero-order valence-electron chi connectivity index (χ0n) is 13.1. The zero-order chi connectivity index (χ0) is 17.2. The van der Waals surface area contributed by atoms with Crippen molar-refractivity contribution >= 4 is 11.7 Å². The molecule has 2 aromatic rings. The zero-order valence-corrected chi connectivity index (χ0v) is 13.1. The molecule has 0 saturated heterocycles. The first-order valence-corrected chi connectivity index (χ1v) is 7.28. The first kappa shape index (κ1) is 17.1. The lowest BCUT2D eigenvalue weighted by Gasteiger charge is -2.16. The van der Waals surface area contributed by atoms with Crippen LogP contribution in [0.4, 0.5) is 19.0 Å². The lowest BCUT2D eigenvalue weighted by molar-refractivity contribution is -0.137. The second-order valence-corrected chi connectivity index (χ2v) is 5.40. The van der Waals surface area contributed by atoms with Gasteiger partial charge in [-0.2, -0.15) is 18.3 Å². The van der Waals surface area contributed by atoms with Gasteiger partial charge < -0.3 is 5.32 Å². The molecule has 0 aliphatic carbocycles. The summed E-state index contributed by atoms with van der Waals surface area (Å²) < 4.78 is 40.7. The lowest BCUT2D eigenvalue weighted by Crippen LogP contribution is -2.22. The summed E-state index contributed by atoms with van der Waals surface area (Å²) in [6.07, 6.45) is -3.87. The molecule has 0 aliphatic rings. The van der Waals surface area contributed by atoms with E-state index in [0.717, 1.165) is 10.7 Å². The highest BCUT2D eigenvalue weighted by Gasteiger charge is 2.34. The molecule has 1 aromatic carbocycles. The van der Waals surface area contributed by atoms with Gasteiger partial charge in [0.1, 0.15) is 5.82 Å². The summed E-state index contributed by atoms with van der Waals surface area (Å²) in [5.74, 6) is -0.265. The van der Waals surface area contributed by atoms with Crippen molar-refractivity contribution in [2.75, 3.05) is 5.32 Å². The summed E-state index contributed by atoms with van der Waals surface area (Å²) in [5, 5.41) is 6.75. The Labute approximate surface area is 132 Å².